The van der Waals surface area contributed by atoms with Gasteiger partial charge >= 0.3 is 5.97 Å². The Labute approximate surface area is 85.0 Å². The number of esters is 1. The van der Waals surface area contributed by atoms with Gasteiger partial charge in [0.15, 0.2) is 0 Å². The van der Waals surface area contributed by atoms with Crippen molar-refractivity contribution >= 4 is 5.97 Å². The van der Waals surface area contributed by atoms with Crippen molar-refractivity contribution in [1.82, 2.24) is 5.32 Å². The Morgan fingerprint density at radius 1 is 1.57 bits per heavy atom. The van der Waals surface area contributed by atoms with Crippen molar-refractivity contribution in [3.63, 3.8) is 0 Å². The van der Waals surface area contributed by atoms with Crippen LogP contribution in [0.25, 0.3) is 0 Å². The smallest absolute Gasteiger partial charge is 0.330 e. The van der Waals surface area contributed by atoms with E-state index in [1.807, 2.05) is 13.8 Å². The maximum Gasteiger partial charge on any atom is 0.330 e. The highest BCUT2D eigenvalue weighted by Gasteiger charge is 2.13. The summed E-state index contributed by atoms with van der Waals surface area (Å²) in [5.41, 5.74) is -0.320. The Kier molecular flexibility index (Phi) is 6.16. The summed E-state index contributed by atoms with van der Waals surface area (Å²) in [5, 5.41) is 12.0. The molecule has 0 aromatic heterocycles. The molecule has 0 heterocycles. The molecule has 4 nitrogen and oxygen atoms in total. The van der Waals surface area contributed by atoms with Gasteiger partial charge < -0.3 is 15.2 Å². The SMILES string of the molecule is CCOC(=O)/C=C/CNC(C)(C)CO. The van der Waals surface area contributed by atoms with Gasteiger partial charge in [-0.1, -0.05) is 6.08 Å². The summed E-state index contributed by atoms with van der Waals surface area (Å²) in [5.74, 6) is -0.337. The van der Waals surface area contributed by atoms with Gasteiger partial charge in [-0.05, 0) is 20.8 Å². The zero-order valence-electron chi connectivity index (χ0n) is 9.04. The molecule has 0 spiro atoms. The van der Waals surface area contributed by atoms with Crippen LogP contribution in [-0.2, 0) is 9.53 Å². The van der Waals surface area contributed by atoms with E-state index in [1.54, 1.807) is 13.0 Å². The Bertz CT molecular complexity index is 200. The molecule has 0 aliphatic heterocycles. The second-order valence-electron chi connectivity index (χ2n) is 3.58. The van der Waals surface area contributed by atoms with Crippen LogP contribution in [0.2, 0.25) is 0 Å². The largest absolute Gasteiger partial charge is 0.463 e. The van der Waals surface area contributed by atoms with Gasteiger partial charge in [-0.2, -0.15) is 0 Å². The fourth-order valence-electron chi connectivity index (χ4n) is 0.737. The maximum absolute atomic E-state index is 10.9. The van der Waals surface area contributed by atoms with Crippen molar-refractivity contribution in [2.24, 2.45) is 0 Å². The molecule has 0 bridgehead atoms. The minimum atomic E-state index is -0.337. The van der Waals surface area contributed by atoms with Crippen molar-refractivity contribution in [1.29, 1.82) is 0 Å². The lowest BCUT2D eigenvalue weighted by Crippen LogP contribution is -2.42. The molecule has 82 valence electrons. The molecule has 0 saturated heterocycles. The topological polar surface area (TPSA) is 58.6 Å². The van der Waals surface area contributed by atoms with Gasteiger partial charge in [0.05, 0.1) is 13.2 Å². The highest BCUT2D eigenvalue weighted by molar-refractivity contribution is 5.81. The summed E-state index contributed by atoms with van der Waals surface area (Å²) in [4.78, 5) is 10.9. The lowest BCUT2D eigenvalue weighted by molar-refractivity contribution is -0.137. The number of nitrogens with one attached hydrogen (secondary N) is 1. The van der Waals surface area contributed by atoms with Crippen molar-refractivity contribution < 1.29 is 14.6 Å². The van der Waals surface area contributed by atoms with Gasteiger partial charge in [-0.15, -0.1) is 0 Å². The predicted octanol–water partition coefficient (Wildman–Crippen LogP) is 0.466. The van der Waals surface area contributed by atoms with E-state index in [2.05, 4.69) is 5.32 Å². The number of hydrogen-bond acceptors (Lipinski definition) is 4. The van der Waals surface area contributed by atoms with Crippen LogP contribution < -0.4 is 5.32 Å². The predicted molar refractivity (Wildman–Crippen MR) is 54.9 cm³/mol. The molecule has 0 unspecified atom stereocenters. The number of carbonyl (C=O) groups excluding carboxylic acids is 1. The Morgan fingerprint density at radius 2 is 2.21 bits per heavy atom. The number of carbonyl (C=O) groups is 1. The third kappa shape index (κ3) is 6.62. The van der Waals surface area contributed by atoms with Crippen LogP contribution in [0.5, 0.6) is 0 Å². The molecule has 0 amide bonds. The molecule has 4 heteroatoms. The van der Waals surface area contributed by atoms with E-state index in [0.29, 0.717) is 13.2 Å². The van der Waals surface area contributed by atoms with Gasteiger partial charge in [0.25, 0.3) is 0 Å². The fraction of sp³-hybridized carbons (Fsp3) is 0.700. The van der Waals surface area contributed by atoms with Crippen LogP contribution in [0.1, 0.15) is 20.8 Å². The van der Waals surface area contributed by atoms with Gasteiger partial charge in [-0.25, -0.2) is 4.79 Å². The van der Waals surface area contributed by atoms with E-state index in [9.17, 15) is 4.79 Å². The molecule has 2 N–H and O–H groups in total. The molecule has 0 aromatic rings. The highest BCUT2D eigenvalue weighted by atomic mass is 16.5. The Hall–Kier alpha value is -0.870. The molecule has 0 radical (unpaired) electrons. The average Bonchev–Trinajstić information content (AvgIpc) is 2.13. The van der Waals surface area contributed by atoms with E-state index < -0.39 is 0 Å². The molecule has 0 aliphatic carbocycles. The summed E-state index contributed by atoms with van der Waals surface area (Å²) >= 11 is 0. The maximum atomic E-state index is 10.9. The van der Waals surface area contributed by atoms with Crippen molar-refractivity contribution in [2.45, 2.75) is 26.3 Å². The van der Waals surface area contributed by atoms with Crippen LogP contribution in [0.15, 0.2) is 12.2 Å². The van der Waals surface area contributed by atoms with Crippen LogP contribution >= 0.6 is 0 Å². The molecule has 0 aliphatic rings. The van der Waals surface area contributed by atoms with Crippen molar-refractivity contribution in [2.75, 3.05) is 19.8 Å². The van der Waals surface area contributed by atoms with E-state index >= 15 is 0 Å². The number of aliphatic hydroxyl groups excluding tert-OH is 1. The monoisotopic (exact) mass is 201 g/mol. The minimum Gasteiger partial charge on any atom is -0.463 e. The summed E-state index contributed by atoms with van der Waals surface area (Å²) in [7, 11) is 0. The first-order valence-electron chi connectivity index (χ1n) is 4.71. The molecule has 0 fully saturated rings. The first-order valence-corrected chi connectivity index (χ1v) is 4.71. The second kappa shape index (κ2) is 6.56. The van der Waals surface area contributed by atoms with Gasteiger partial charge in [0.2, 0.25) is 0 Å². The van der Waals surface area contributed by atoms with Crippen molar-refractivity contribution in [3.8, 4) is 0 Å². The van der Waals surface area contributed by atoms with Crippen LogP contribution in [0, 0.1) is 0 Å². The zero-order chi connectivity index (χ0) is 11.0. The van der Waals surface area contributed by atoms with E-state index in [-0.39, 0.29) is 18.1 Å². The average molecular weight is 201 g/mol. The van der Waals surface area contributed by atoms with Gasteiger partial charge in [0.1, 0.15) is 0 Å². The first kappa shape index (κ1) is 13.1. The van der Waals surface area contributed by atoms with E-state index in [1.165, 1.54) is 6.08 Å². The normalized spacial score (nSPS) is 12.0. The Balaban J connectivity index is 3.68. The van der Waals surface area contributed by atoms with Gasteiger partial charge in [0, 0.05) is 18.2 Å². The molecule has 0 saturated carbocycles. The summed E-state index contributed by atoms with van der Waals surface area (Å²) in [6.45, 7) is 6.50. The number of hydrogen-bond donors (Lipinski definition) is 2. The number of aliphatic hydroxyl groups is 1. The van der Waals surface area contributed by atoms with Gasteiger partial charge in [-0.3, -0.25) is 0 Å². The molecule has 14 heavy (non-hydrogen) atoms. The van der Waals surface area contributed by atoms with E-state index in [0.717, 1.165) is 0 Å². The lowest BCUT2D eigenvalue weighted by atomic mass is 10.1. The van der Waals surface area contributed by atoms with E-state index in [4.69, 9.17) is 9.84 Å². The van der Waals surface area contributed by atoms with Crippen LogP contribution in [0.3, 0.4) is 0 Å². The number of rotatable bonds is 6. The van der Waals surface area contributed by atoms with Crippen molar-refractivity contribution in [3.05, 3.63) is 12.2 Å². The third-order valence-electron chi connectivity index (χ3n) is 1.63. The zero-order valence-corrected chi connectivity index (χ0v) is 9.04. The second-order valence-corrected chi connectivity index (χ2v) is 3.58. The summed E-state index contributed by atoms with van der Waals surface area (Å²) < 4.78 is 4.70. The minimum absolute atomic E-state index is 0.0558. The molecule has 0 aromatic carbocycles. The molecule has 0 atom stereocenters. The lowest BCUT2D eigenvalue weighted by Gasteiger charge is -2.22. The molecular formula is C10H19NO3. The molecular weight excluding hydrogens is 182 g/mol. The first-order chi connectivity index (χ1) is 6.52. The quantitative estimate of drug-likeness (QED) is 0.484. The third-order valence-corrected chi connectivity index (χ3v) is 1.63. The Morgan fingerprint density at radius 3 is 2.71 bits per heavy atom. The summed E-state index contributed by atoms with van der Waals surface area (Å²) in [6, 6.07) is 0. The van der Waals surface area contributed by atoms with Crippen LogP contribution in [0.4, 0.5) is 0 Å². The fourth-order valence-corrected chi connectivity index (χ4v) is 0.737. The van der Waals surface area contributed by atoms with Crippen LogP contribution in [-0.4, -0.2) is 36.4 Å². The number of ether oxygens (including phenoxy) is 1. The molecule has 0 rings (SSSR count). The highest BCUT2D eigenvalue weighted by Crippen LogP contribution is 1.98. The summed E-state index contributed by atoms with van der Waals surface area (Å²) in [6.07, 6.45) is 3.05. The standard InChI is InChI=1S/C10H19NO3/c1-4-14-9(13)6-5-7-11-10(2,3)8-12/h5-6,11-12H,4,7-8H2,1-3H3/b6-5+.